The zero-order valence-corrected chi connectivity index (χ0v) is 14.7. The lowest BCUT2D eigenvalue weighted by molar-refractivity contribution is -0.124. The molecule has 1 aromatic heterocycles. The fourth-order valence-electron chi connectivity index (χ4n) is 3.11. The van der Waals surface area contributed by atoms with E-state index in [2.05, 4.69) is 25.5 Å². The highest BCUT2D eigenvalue weighted by molar-refractivity contribution is 5.85. The van der Waals surface area contributed by atoms with Crippen molar-refractivity contribution in [2.45, 2.75) is 44.2 Å². The third-order valence-electron chi connectivity index (χ3n) is 4.23. The molecule has 2 aliphatic rings. The molecular formula is C15H25Cl2N5O. The lowest BCUT2D eigenvalue weighted by atomic mass is 10.0. The molecule has 3 rings (SSSR count). The minimum absolute atomic E-state index is 0. The predicted molar refractivity (Wildman–Crippen MR) is 95.5 cm³/mol. The molecule has 23 heavy (non-hydrogen) atoms. The zero-order chi connectivity index (χ0) is 14.5. The first kappa shape index (κ1) is 19.9. The number of aromatic nitrogens is 2. The van der Waals surface area contributed by atoms with Crippen molar-refractivity contribution in [3.05, 3.63) is 18.5 Å². The number of nitrogens with one attached hydrogen (secondary N) is 2. The molecule has 1 unspecified atom stereocenters. The van der Waals surface area contributed by atoms with Gasteiger partial charge in [-0.25, -0.2) is 9.97 Å². The number of carbonyl (C=O) groups is 1. The number of piperidine rings is 2. The van der Waals surface area contributed by atoms with Crippen molar-refractivity contribution in [3.63, 3.8) is 0 Å². The van der Waals surface area contributed by atoms with Gasteiger partial charge < -0.3 is 15.5 Å². The smallest absolute Gasteiger partial charge is 0.237 e. The van der Waals surface area contributed by atoms with Gasteiger partial charge >= 0.3 is 0 Å². The van der Waals surface area contributed by atoms with E-state index in [0.29, 0.717) is 0 Å². The van der Waals surface area contributed by atoms with Gasteiger partial charge in [0.15, 0.2) is 0 Å². The number of hydrogen-bond donors (Lipinski definition) is 2. The summed E-state index contributed by atoms with van der Waals surface area (Å²) < 4.78 is 0. The minimum atomic E-state index is -0.0119. The molecule has 130 valence electrons. The van der Waals surface area contributed by atoms with Crippen molar-refractivity contribution in [3.8, 4) is 0 Å². The van der Waals surface area contributed by atoms with E-state index in [1.807, 2.05) is 6.07 Å². The van der Waals surface area contributed by atoms with Crippen molar-refractivity contribution < 1.29 is 4.79 Å². The van der Waals surface area contributed by atoms with Crippen molar-refractivity contribution in [2.24, 2.45) is 0 Å². The summed E-state index contributed by atoms with van der Waals surface area (Å²) in [5.41, 5.74) is 0. The Hall–Kier alpha value is -1.11. The maximum Gasteiger partial charge on any atom is 0.237 e. The van der Waals surface area contributed by atoms with Crippen LogP contribution in [0.1, 0.15) is 32.1 Å². The monoisotopic (exact) mass is 361 g/mol. The van der Waals surface area contributed by atoms with Crippen LogP contribution >= 0.6 is 24.8 Å². The predicted octanol–water partition coefficient (Wildman–Crippen LogP) is 1.55. The molecule has 0 aromatic carbocycles. The Bertz CT molecular complexity index is 470. The van der Waals surface area contributed by atoms with Gasteiger partial charge in [-0.1, -0.05) is 6.42 Å². The standard InChI is InChI=1S/C15H23N5O.2ClH/c21-14(13-6-1-2-7-16-13)19-12-5-3-10-20(11-12)15-17-8-4-9-18-15;;/h4,8-9,12-13,16H,1-3,5-7,10-11H2,(H,19,21);2*1H/t12?,13-;;/m1../s1. The molecule has 3 heterocycles. The molecular weight excluding hydrogens is 337 g/mol. The molecule has 0 saturated carbocycles. The normalized spacial score (nSPS) is 24.1. The first-order chi connectivity index (χ1) is 10.3. The summed E-state index contributed by atoms with van der Waals surface area (Å²) in [6.07, 6.45) is 8.87. The van der Waals surface area contributed by atoms with Crippen molar-refractivity contribution in [2.75, 3.05) is 24.5 Å². The van der Waals surface area contributed by atoms with Crippen LogP contribution in [0.3, 0.4) is 0 Å². The van der Waals surface area contributed by atoms with Gasteiger partial charge in [0.05, 0.1) is 6.04 Å². The van der Waals surface area contributed by atoms with Crippen LogP contribution in [-0.4, -0.2) is 47.6 Å². The Morgan fingerprint density at radius 1 is 1.17 bits per heavy atom. The van der Waals surface area contributed by atoms with Crippen LogP contribution in [0, 0.1) is 0 Å². The third kappa shape index (κ3) is 5.48. The van der Waals surface area contributed by atoms with E-state index in [1.165, 1.54) is 6.42 Å². The average Bonchev–Trinajstić information content (AvgIpc) is 2.57. The van der Waals surface area contributed by atoms with Gasteiger partial charge in [0.1, 0.15) is 0 Å². The van der Waals surface area contributed by atoms with Gasteiger partial charge in [-0.3, -0.25) is 4.79 Å². The summed E-state index contributed by atoms with van der Waals surface area (Å²) in [4.78, 5) is 23.0. The van der Waals surface area contributed by atoms with Crippen LogP contribution in [0.25, 0.3) is 0 Å². The van der Waals surface area contributed by atoms with Crippen LogP contribution in [-0.2, 0) is 4.79 Å². The number of anilines is 1. The Labute approximate surface area is 149 Å². The fraction of sp³-hybridized carbons (Fsp3) is 0.667. The van der Waals surface area contributed by atoms with Crippen molar-refractivity contribution >= 4 is 36.7 Å². The second-order valence-electron chi connectivity index (χ2n) is 5.85. The Morgan fingerprint density at radius 3 is 2.65 bits per heavy atom. The molecule has 0 spiro atoms. The Morgan fingerprint density at radius 2 is 1.96 bits per heavy atom. The van der Waals surface area contributed by atoms with Crippen LogP contribution in [0.2, 0.25) is 0 Å². The van der Waals surface area contributed by atoms with E-state index in [9.17, 15) is 4.79 Å². The highest BCUT2D eigenvalue weighted by Gasteiger charge is 2.26. The zero-order valence-electron chi connectivity index (χ0n) is 13.1. The average molecular weight is 362 g/mol. The van der Waals surface area contributed by atoms with Crippen LogP contribution < -0.4 is 15.5 Å². The lowest BCUT2D eigenvalue weighted by Gasteiger charge is -2.34. The number of carbonyl (C=O) groups excluding carboxylic acids is 1. The molecule has 2 saturated heterocycles. The highest BCUT2D eigenvalue weighted by Crippen LogP contribution is 2.16. The summed E-state index contributed by atoms with van der Waals surface area (Å²) in [5.74, 6) is 0.905. The van der Waals surface area contributed by atoms with E-state index in [-0.39, 0.29) is 42.8 Å². The quantitative estimate of drug-likeness (QED) is 0.854. The first-order valence-electron chi connectivity index (χ1n) is 7.88. The number of halogens is 2. The first-order valence-corrected chi connectivity index (χ1v) is 7.88. The summed E-state index contributed by atoms with van der Waals surface area (Å²) in [6.45, 7) is 2.70. The van der Waals surface area contributed by atoms with Crippen molar-refractivity contribution in [1.82, 2.24) is 20.6 Å². The summed E-state index contributed by atoms with van der Waals surface area (Å²) >= 11 is 0. The van der Waals surface area contributed by atoms with Crippen molar-refractivity contribution in [1.29, 1.82) is 0 Å². The molecule has 1 amide bonds. The fourth-order valence-corrected chi connectivity index (χ4v) is 3.11. The van der Waals surface area contributed by atoms with Crippen LogP contribution in [0.5, 0.6) is 0 Å². The molecule has 2 atom stereocenters. The van der Waals surface area contributed by atoms with Gasteiger partial charge in [0.2, 0.25) is 11.9 Å². The maximum absolute atomic E-state index is 12.3. The molecule has 0 aliphatic carbocycles. The molecule has 8 heteroatoms. The van der Waals surface area contributed by atoms with E-state index in [1.54, 1.807) is 12.4 Å². The summed E-state index contributed by atoms with van der Waals surface area (Å²) in [6, 6.07) is 2.00. The second-order valence-corrected chi connectivity index (χ2v) is 5.85. The summed E-state index contributed by atoms with van der Waals surface area (Å²) in [7, 11) is 0. The Kier molecular flexibility index (Phi) is 8.58. The van der Waals surface area contributed by atoms with Gasteiger partial charge in [-0.05, 0) is 38.3 Å². The van der Waals surface area contributed by atoms with Crippen LogP contribution in [0.15, 0.2) is 18.5 Å². The largest absolute Gasteiger partial charge is 0.350 e. The molecule has 0 radical (unpaired) electrons. The van der Waals surface area contributed by atoms with Gasteiger partial charge in [-0.2, -0.15) is 0 Å². The molecule has 0 bridgehead atoms. The molecule has 2 fully saturated rings. The van der Waals surface area contributed by atoms with E-state index in [4.69, 9.17) is 0 Å². The second kappa shape index (κ2) is 9.90. The van der Waals surface area contributed by atoms with E-state index < -0.39 is 0 Å². The molecule has 2 N–H and O–H groups in total. The molecule has 6 nitrogen and oxygen atoms in total. The number of rotatable bonds is 3. The SMILES string of the molecule is Cl.Cl.O=C(NC1CCCN(c2ncccn2)C1)[C@H]1CCCCN1. The number of hydrogen-bond acceptors (Lipinski definition) is 5. The molecule has 1 aromatic rings. The topological polar surface area (TPSA) is 70.2 Å². The lowest BCUT2D eigenvalue weighted by Crippen LogP contribution is -2.54. The van der Waals surface area contributed by atoms with Gasteiger partial charge in [0, 0.05) is 31.5 Å². The maximum atomic E-state index is 12.3. The van der Waals surface area contributed by atoms with Crippen LogP contribution in [0.4, 0.5) is 5.95 Å². The number of amides is 1. The Balaban J connectivity index is 0.00000132. The van der Waals surface area contributed by atoms with Gasteiger partial charge in [0.25, 0.3) is 0 Å². The number of nitrogens with zero attached hydrogens (tertiary/aromatic N) is 3. The van der Waals surface area contributed by atoms with E-state index in [0.717, 1.165) is 51.3 Å². The third-order valence-corrected chi connectivity index (χ3v) is 4.23. The van der Waals surface area contributed by atoms with E-state index >= 15 is 0 Å². The molecule has 2 aliphatic heterocycles. The highest BCUT2D eigenvalue weighted by atomic mass is 35.5. The minimum Gasteiger partial charge on any atom is -0.350 e. The summed E-state index contributed by atoms with van der Waals surface area (Å²) in [5, 5.41) is 6.49. The van der Waals surface area contributed by atoms with Gasteiger partial charge in [-0.15, -0.1) is 24.8 Å².